The first-order valence-corrected chi connectivity index (χ1v) is 11.6. The number of sulfonamides is 1. The molecule has 2 aromatic rings. The van der Waals surface area contributed by atoms with Crippen LogP contribution in [0.25, 0.3) is 0 Å². The summed E-state index contributed by atoms with van der Waals surface area (Å²) in [6, 6.07) is 8.88. The van der Waals surface area contributed by atoms with Crippen LogP contribution in [0.15, 0.2) is 47.4 Å². The van der Waals surface area contributed by atoms with E-state index in [1.54, 1.807) is 12.1 Å². The highest BCUT2D eigenvalue weighted by molar-refractivity contribution is 7.89. The number of hydrogen-bond acceptors (Lipinski definition) is 4. The number of hydrogen-bond donors (Lipinski definition) is 2. The van der Waals surface area contributed by atoms with Gasteiger partial charge in [0, 0.05) is 12.0 Å². The smallest absolute Gasteiger partial charge is 0.240 e. The third-order valence-electron chi connectivity index (χ3n) is 5.58. The third kappa shape index (κ3) is 5.80. The van der Waals surface area contributed by atoms with Crippen molar-refractivity contribution in [2.45, 2.75) is 49.6 Å². The van der Waals surface area contributed by atoms with Gasteiger partial charge in [0.1, 0.15) is 5.82 Å². The van der Waals surface area contributed by atoms with Crippen molar-refractivity contribution in [2.75, 3.05) is 7.11 Å². The highest BCUT2D eigenvalue weighted by Crippen LogP contribution is 2.27. The maximum Gasteiger partial charge on any atom is 0.240 e. The molecule has 0 radical (unpaired) electrons. The van der Waals surface area contributed by atoms with Crippen molar-refractivity contribution in [3.05, 3.63) is 59.7 Å². The minimum Gasteiger partial charge on any atom is -0.494 e. The maximum absolute atomic E-state index is 13.9. The van der Waals surface area contributed by atoms with Gasteiger partial charge < -0.3 is 10.1 Å². The summed E-state index contributed by atoms with van der Waals surface area (Å²) in [5.41, 5.74) is 0.808. The summed E-state index contributed by atoms with van der Waals surface area (Å²) in [6.45, 7) is 1.83. The standard InChI is InChI=1S/C22H26F2N2O4S/c1-14(15-3-7-17(23)8-4-15)25-22(27)16-5-9-18(10-6-16)26-31(28,29)19-11-12-21(30-2)20(24)13-19/h3-4,7-8,11-14,16,18,26H,5-6,9-10H2,1-2H3,(H,25,27)/t14-,16-,18-/m1/s1. The third-order valence-corrected chi connectivity index (χ3v) is 7.10. The second kappa shape index (κ2) is 9.74. The largest absolute Gasteiger partial charge is 0.494 e. The number of methoxy groups -OCH3 is 1. The molecule has 0 aromatic heterocycles. The number of ether oxygens (including phenoxy) is 1. The zero-order valence-corrected chi connectivity index (χ0v) is 18.2. The quantitative estimate of drug-likeness (QED) is 0.671. The molecule has 0 aliphatic heterocycles. The minimum atomic E-state index is -3.88. The normalized spacial score (nSPS) is 20.1. The van der Waals surface area contributed by atoms with Gasteiger partial charge in [0.25, 0.3) is 0 Å². The number of carbonyl (C=O) groups is 1. The van der Waals surface area contributed by atoms with Crippen LogP contribution in [0.3, 0.4) is 0 Å². The van der Waals surface area contributed by atoms with Gasteiger partial charge in [0.2, 0.25) is 15.9 Å². The van der Waals surface area contributed by atoms with Gasteiger partial charge >= 0.3 is 0 Å². The summed E-state index contributed by atoms with van der Waals surface area (Å²) < 4.78 is 59.5. The van der Waals surface area contributed by atoms with Crippen LogP contribution < -0.4 is 14.8 Å². The average Bonchev–Trinajstić information content (AvgIpc) is 2.74. The molecule has 168 valence electrons. The van der Waals surface area contributed by atoms with Crippen LogP contribution in [0, 0.1) is 17.6 Å². The van der Waals surface area contributed by atoms with Crippen molar-refractivity contribution < 1.29 is 26.7 Å². The molecule has 1 aliphatic rings. The van der Waals surface area contributed by atoms with E-state index in [9.17, 15) is 22.0 Å². The first-order valence-electron chi connectivity index (χ1n) is 10.1. The Hall–Kier alpha value is -2.52. The Morgan fingerprint density at radius 2 is 1.71 bits per heavy atom. The van der Waals surface area contributed by atoms with E-state index in [1.165, 1.54) is 31.4 Å². The van der Waals surface area contributed by atoms with Gasteiger partial charge in [-0.05, 0) is 68.5 Å². The summed E-state index contributed by atoms with van der Waals surface area (Å²) in [7, 11) is -2.58. The molecule has 0 saturated heterocycles. The van der Waals surface area contributed by atoms with Gasteiger partial charge in [0.15, 0.2) is 11.6 Å². The average molecular weight is 453 g/mol. The molecule has 0 spiro atoms. The number of amides is 1. The molecule has 0 heterocycles. The Labute approximate surface area is 181 Å². The summed E-state index contributed by atoms with van der Waals surface area (Å²) >= 11 is 0. The molecule has 0 bridgehead atoms. The summed E-state index contributed by atoms with van der Waals surface area (Å²) in [4.78, 5) is 12.4. The fourth-order valence-corrected chi connectivity index (χ4v) is 5.06. The monoisotopic (exact) mass is 452 g/mol. The van der Waals surface area contributed by atoms with Gasteiger partial charge in [0.05, 0.1) is 18.0 Å². The summed E-state index contributed by atoms with van der Waals surface area (Å²) in [5.74, 6) is -1.43. The number of benzene rings is 2. The van der Waals surface area contributed by atoms with E-state index >= 15 is 0 Å². The molecule has 2 aromatic carbocycles. The lowest BCUT2D eigenvalue weighted by Gasteiger charge is -2.29. The Balaban J connectivity index is 1.53. The number of halogens is 2. The topological polar surface area (TPSA) is 84.5 Å². The molecule has 6 nitrogen and oxygen atoms in total. The predicted molar refractivity (Wildman–Crippen MR) is 112 cm³/mol. The number of carbonyl (C=O) groups excluding carboxylic acids is 1. The van der Waals surface area contributed by atoms with Crippen molar-refractivity contribution in [3.63, 3.8) is 0 Å². The second-order valence-electron chi connectivity index (χ2n) is 7.75. The molecule has 0 unspecified atom stereocenters. The number of nitrogens with one attached hydrogen (secondary N) is 2. The minimum absolute atomic E-state index is 0.0275. The van der Waals surface area contributed by atoms with E-state index in [0.717, 1.165) is 11.6 Å². The van der Waals surface area contributed by atoms with Crippen LogP contribution in [0.4, 0.5) is 8.78 Å². The van der Waals surface area contributed by atoms with Gasteiger partial charge in [-0.1, -0.05) is 12.1 Å². The zero-order chi connectivity index (χ0) is 22.6. The van der Waals surface area contributed by atoms with Crippen LogP contribution in [0.5, 0.6) is 5.75 Å². The van der Waals surface area contributed by atoms with Crippen molar-refractivity contribution in [1.29, 1.82) is 0 Å². The lowest BCUT2D eigenvalue weighted by Crippen LogP contribution is -2.41. The molecule has 3 rings (SSSR count). The van der Waals surface area contributed by atoms with E-state index in [1.807, 2.05) is 6.92 Å². The summed E-state index contributed by atoms with van der Waals surface area (Å²) in [6.07, 6.45) is 2.07. The zero-order valence-electron chi connectivity index (χ0n) is 17.4. The summed E-state index contributed by atoms with van der Waals surface area (Å²) in [5, 5.41) is 2.94. The maximum atomic E-state index is 13.9. The van der Waals surface area contributed by atoms with Crippen LogP contribution in [-0.4, -0.2) is 27.5 Å². The Morgan fingerprint density at radius 3 is 2.29 bits per heavy atom. The first-order chi connectivity index (χ1) is 14.7. The van der Waals surface area contributed by atoms with Gasteiger partial charge in [-0.3, -0.25) is 4.79 Å². The molecule has 31 heavy (non-hydrogen) atoms. The molecule has 1 aliphatic carbocycles. The molecule has 1 fully saturated rings. The van der Waals surface area contributed by atoms with Gasteiger partial charge in [-0.2, -0.15) is 0 Å². The number of rotatable bonds is 7. The highest BCUT2D eigenvalue weighted by atomic mass is 32.2. The Bertz CT molecular complexity index is 1020. The fourth-order valence-electron chi connectivity index (χ4n) is 3.74. The van der Waals surface area contributed by atoms with Crippen molar-refractivity contribution >= 4 is 15.9 Å². The van der Waals surface area contributed by atoms with Crippen LogP contribution in [0.2, 0.25) is 0 Å². The van der Waals surface area contributed by atoms with Crippen LogP contribution in [0.1, 0.15) is 44.2 Å². The molecule has 9 heteroatoms. The van der Waals surface area contributed by atoms with E-state index < -0.39 is 15.8 Å². The van der Waals surface area contributed by atoms with Crippen molar-refractivity contribution in [1.82, 2.24) is 10.0 Å². The van der Waals surface area contributed by atoms with Crippen LogP contribution >= 0.6 is 0 Å². The van der Waals surface area contributed by atoms with E-state index in [2.05, 4.69) is 10.0 Å². The van der Waals surface area contributed by atoms with E-state index in [4.69, 9.17) is 4.74 Å². The lowest BCUT2D eigenvalue weighted by molar-refractivity contribution is -0.126. The Morgan fingerprint density at radius 1 is 1.06 bits per heavy atom. The van der Waals surface area contributed by atoms with E-state index in [0.29, 0.717) is 25.7 Å². The SMILES string of the molecule is COc1ccc(S(=O)(=O)N[C@H]2CC[C@H](C(=O)N[C@H](C)c3ccc(F)cc3)CC2)cc1F. The predicted octanol–water partition coefficient (Wildman–Crippen LogP) is 3.69. The molecular formula is C22H26F2N2O4S. The first kappa shape index (κ1) is 23.1. The van der Waals surface area contributed by atoms with E-state index in [-0.39, 0.29) is 40.4 Å². The molecular weight excluding hydrogens is 426 g/mol. The highest BCUT2D eigenvalue weighted by Gasteiger charge is 2.30. The molecule has 1 saturated carbocycles. The Kier molecular flexibility index (Phi) is 7.27. The van der Waals surface area contributed by atoms with Crippen molar-refractivity contribution in [2.24, 2.45) is 5.92 Å². The van der Waals surface area contributed by atoms with Crippen LogP contribution in [-0.2, 0) is 14.8 Å². The van der Waals surface area contributed by atoms with Crippen molar-refractivity contribution in [3.8, 4) is 5.75 Å². The lowest BCUT2D eigenvalue weighted by atomic mass is 9.85. The van der Waals surface area contributed by atoms with Gasteiger partial charge in [-0.15, -0.1) is 0 Å². The molecule has 1 amide bonds. The second-order valence-corrected chi connectivity index (χ2v) is 9.46. The molecule has 1 atom stereocenters. The fraction of sp³-hybridized carbons (Fsp3) is 0.409. The molecule has 2 N–H and O–H groups in total. The van der Waals surface area contributed by atoms with Gasteiger partial charge in [-0.25, -0.2) is 21.9 Å².